The molecular weight excluding hydrogens is 207 g/mol. The van der Waals surface area contributed by atoms with Crippen molar-refractivity contribution in [1.82, 2.24) is 0 Å². The van der Waals surface area contributed by atoms with Crippen LogP contribution in [0.5, 0.6) is 0 Å². The molecule has 0 N–H and O–H groups in total. The highest BCUT2D eigenvalue weighted by Gasteiger charge is 2.52. The van der Waals surface area contributed by atoms with Crippen molar-refractivity contribution < 1.29 is 8.42 Å². The fraction of sp³-hybridized carbons (Fsp3) is 0.667. The first-order valence-electron chi connectivity index (χ1n) is 3.21. The van der Waals surface area contributed by atoms with Gasteiger partial charge in [-0.2, -0.15) is 0 Å². The van der Waals surface area contributed by atoms with E-state index in [0.29, 0.717) is 19.3 Å². The Hall–Kier alpha value is 0.270. The van der Waals surface area contributed by atoms with Crippen molar-refractivity contribution in [2.24, 2.45) is 0 Å². The van der Waals surface area contributed by atoms with Gasteiger partial charge in [-0.3, -0.25) is 0 Å². The van der Waals surface area contributed by atoms with Crippen LogP contribution in [0.1, 0.15) is 19.3 Å². The van der Waals surface area contributed by atoms with Crippen LogP contribution in [0.25, 0.3) is 0 Å². The van der Waals surface area contributed by atoms with Gasteiger partial charge in [-0.05, 0) is 19.3 Å². The third kappa shape index (κ3) is 1.89. The van der Waals surface area contributed by atoms with Gasteiger partial charge >= 0.3 is 0 Å². The Labute approximate surface area is 75.6 Å². The fourth-order valence-electron chi connectivity index (χ4n) is 0.946. The molecule has 0 radical (unpaired) electrons. The summed E-state index contributed by atoms with van der Waals surface area (Å²) >= 11 is 5.27. The van der Waals surface area contributed by atoms with Gasteiger partial charge in [0, 0.05) is 16.2 Å². The predicted molar refractivity (Wildman–Crippen MR) is 46.3 cm³/mol. The Kier molecular flexibility index (Phi) is 2.52. The number of hydrogen-bond donors (Lipinski definition) is 0. The van der Waals surface area contributed by atoms with Crippen LogP contribution in [0.3, 0.4) is 0 Å². The highest BCUT2D eigenvalue weighted by atomic mass is 35.7. The summed E-state index contributed by atoms with van der Waals surface area (Å²) in [4.78, 5) is 0. The molecule has 0 saturated heterocycles. The van der Waals surface area contributed by atoms with Gasteiger partial charge in [0.1, 0.15) is 0 Å². The molecule has 0 unspecified atom stereocenters. The third-order valence-electron chi connectivity index (χ3n) is 1.90. The maximum Gasteiger partial charge on any atom is 0.238 e. The van der Waals surface area contributed by atoms with Gasteiger partial charge in [0.15, 0.2) is 0 Å². The molecule has 0 heterocycles. The van der Waals surface area contributed by atoms with Crippen molar-refractivity contribution in [3.8, 4) is 0 Å². The van der Waals surface area contributed by atoms with Gasteiger partial charge < -0.3 is 0 Å². The number of rotatable bonds is 3. The molecule has 1 fully saturated rings. The van der Waals surface area contributed by atoms with Crippen molar-refractivity contribution >= 4 is 31.3 Å². The molecule has 1 rings (SSSR count). The molecule has 0 bridgehead atoms. The lowest BCUT2D eigenvalue weighted by Crippen LogP contribution is -2.16. The maximum absolute atomic E-state index is 10.9. The molecule has 0 aliphatic heterocycles. The second kappa shape index (κ2) is 2.96. The van der Waals surface area contributed by atoms with Gasteiger partial charge in [-0.1, -0.05) is 17.7 Å². The Morgan fingerprint density at radius 1 is 1.45 bits per heavy atom. The molecule has 0 aromatic carbocycles. The third-order valence-corrected chi connectivity index (χ3v) is 4.67. The van der Waals surface area contributed by atoms with Crippen LogP contribution in [0.2, 0.25) is 0 Å². The van der Waals surface area contributed by atoms with Crippen LogP contribution in [-0.4, -0.2) is 13.2 Å². The van der Waals surface area contributed by atoms with E-state index in [1.165, 1.54) is 5.54 Å². The average molecular weight is 215 g/mol. The van der Waals surface area contributed by atoms with E-state index in [9.17, 15) is 8.42 Å². The fourth-order valence-corrected chi connectivity index (χ4v) is 2.57. The highest BCUT2D eigenvalue weighted by molar-refractivity contribution is 8.15. The lowest BCUT2D eigenvalue weighted by Gasteiger charge is -2.05. The van der Waals surface area contributed by atoms with E-state index < -0.39 is 13.8 Å². The second-order valence-corrected chi connectivity index (χ2v) is 5.90. The zero-order valence-corrected chi connectivity index (χ0v) is 8.09. The molecule has 64 valence electrons. The Morgan fingerprint density at radius 3 is 2.27 bits per heavy atom. The van der Waals surface area contributed by atoms with E-state index in [1.54, 1.807) is 6.08 Å². The number of allylic oxidation sites excluding steroid dienone is 1. The quantitative estimate of drug-likeness (QED) is 0.676. The predicted octanol–water partition coefficient (Wildman–Crippen LogP) is 2.23. The van der Waals surface area contributed by atoms with Crippen LogP contribution in [0.15, 0.2) is 11.6 Å². The van der Waals surface area contributed by atoms with E-state index in [0.717, 1.165) is 0 Å². The molecule has 1 saturated carbocycles. The first-order chi connectivity index (χ1) is 5.02. The average Bonchev–Trinajstić information content (AvgIpc) is 2.61. The van der Waals surface area contributed by atoms with Crippen molar-refractivity contribution in [2.75, 3.05) is 0 Å². The highest BCUT2D eigenvalue weighted by Crippen LogP contribution is 2.48. The van der Waals surface area contributed by atoms with Crippen molar-refractivity contribution in [2.45, 2.75) is 24.0 Å². The SMILES string of the molecule is O=S(=O)(Cl)C1(C/C=C/Cl)CC1. The number of hydrogen-bond acceptors (Lipinski definition) is 2. The van der Waals surface area contributed by atoms with Crippen molar-refractivity contribution in [3.63, 3.8) is 0 Å². The van der Waals surface area contributed by atoms with E-state index in [2.05, 4.69) is 0 Å². The smallest absolute Gasteiger partial charge is 0.212 e. The van der Waals surface area contributed by atoms with Gasteiger partial charge in [-0.15, -0.1) is 0 Å². The molecule has 0 amide bonds. The molecule has 5 heteroatoms. The summed E-state index contributed by atoms with van der Waals surface area (Å²) in [7, 11) is 1.82. The van der Waals surface area contributed by atoms with Gasteiger partial charge in [0.05, 0.1) is 4.75 Å². The van der Waals surface area contributed by atoms with Crippen LogP contribution in [-0.2, 0) is 9.05 Å². The Balaban J connectivity index is 2.70. The van der Waals surface area contributed by atoms with E-state index in [-0.39, 0.29) is 0 Å². The summed E-state index contributed by atoms with van der Waals surface area (Å²) in [6.07, 6.45) is 3.36. The second-order valence-electron chi connectivity index (χ2n) is 2.69. The molecule has 1 aliphatic rings. The lowest BCUT2D eigenvalue weighted by molar-refractivity contribution is 0.591. The summed E-state index contributed by atoms with van der Waals surface area (Å²) in [5.74, 6) is 0. The molecule has 1 aliphatic carbocycles. The molecule has 2 nitrogen and oxygen atoms in total. The van der Waals surface area contributed by atoms with Crippen LogP contribution in [0.4, 0.5) is 0 Å². The molecular formula is C6H8Cl2O2S. The minimum absolute atomic E-state index is 0.433. The van der Waals surface area contributed by atoms with Crippen LogP contribution in [0, 0.1) is 0 Å². The first-order valence-corrected chi connectivity index (χ1v) is 5.96. The topological polar surface area (TPSA) is 34.1 Å². The van der Waals surface area contributed by atoms with E-state index in [1.807, 2.05) is 0 Å². The molecule has 11 heavy (non-hydrogen) atoms. The normalized spacial score (nSPS) is 22.4. The van der Waals surface area contributed by atoms with E-state index >= 15 is 0 Å². The van der Waals surface area contributed by atoms with Crippen LogP contribution >= 0.6 is 22.3 Å². The largest absolute Gasteiger partial charge is 0.238 e. The maximum atomic E-state index is 10.9. The summed E-state index contributed by atoms with van der Waals surface area (Å²) < 4.78 is 21.1. The Bertz CT molecular complexity index is 264. The first kappa shape index (κ1) is 9.36. The zero-order valence-electron chi connectivity index (χ0n) is 5.76. The van der Waals surface area contributed by atoms with Gasteiger partial charge in [-0.25, -0.2) is 8.42 Å². The molecule has 0 atom stereocenters. The summed E-state index contributed by atoms with van der Waals surface area (Å²) in [5, 5.41) is 0. The standard InChI is InChI=1S/C6H8Cl2O2S/c7-5-1-2-6(3-4-6)11(8,9)10/h1,5H,2-4H2/b5-1+. The summed E-state index contributed by atoms with van der Waals surface area (Å²) in [5.41, 5.74) is 1.32. The van der Waals surface area contributed by atoms with Gasteiger partial charge in [0.2, 0.25) is 9.05 Å². The summed E-state index contributed by atoms with van der Waals surface area (Å²) in [6.45, 7) is 0. The van der Waals surface area contributed by atoms with Gasteiger partial charge in [0.25, 0.3) is 0 Å². The monoisotopic (exact) mass is 214 g/mol. The van der Waals surface area contributed by atoms with Crippen molar-refractivity contribution in [1.29, 1.82) is 0 Å². The lowest BCUT2D eigenvalue weighted by atomic mass is 10.3. The zero-order chi connectivity index (χ0) is 8.54. The number of halogens is 2. The summed E-state index contributed by atoms with van der Waals surface area (Å²) in [6, 6.07) is 0. The van der Waals surface area contributed by atoms with Crippen LogP contribution < -0.4 is 0 Å². The molecule has 0 aromatic rings. The minimum atomic E-state index is -3.40. The Morgan fingerprint density at radius 2 is 2.00 bits per heavy atom. The van der Waals surface area contributed by atoms with Crippen molar-refractivity contribution in [3.05, 3.63) is 11.6 Å². The molecule has 0 spiro atoms. The molecule has 0 aromatic heterocycles. The minimum Gasteiger partial charge on any atom is -0.212 e. The van der Waals surface area contributed by atoms with E-state index in [4.69, 9.17) is 22.3 Å².